The molecule has 19 heavy (non-hydrogen) atoms. The fourth-order valence-electron chi connectivity index (χ4n) is 1.94. The van der Waals surface area contributed by atoms with Crippen LogP contribution in [-0.4, -0.2) is 0 Å². The monoisotopic (exact) mass is 384 g/mol. The van der Waals surface area contributed by atoms with E-state index in [9.17, 15) is 4.39 Å². The Morgan fingerprint density at radius 1 is 0.947 bits per heavy atom. The van der Waals surface area contributed by atoms with Crippen LogP contribution in [-0.2, 0) is 0 Å². The van der Waals surface area contributed by atoms with Crippen molar-refractivity contribution in [1.82, 2.24) is 0 Å². The molecule has 0 spiro atoms. The van der Waals surface area contributed by atoms with Crippen molar-refractivity contribution in [1.29, 1.82) is 0 Å². The zero-order valence-electron chi connectivity index (χ0n) is 10.8. The van der Waals surface area contributed by atoms with E-state index in [2.05, 4.69) is 70.0 Å². The van der Waals surface area contributed by atoms with Gasteiger partial charge in [-0.15, -0.1) is 0 Å². The van der Waals surface area contributed by atoms with E-state index in [1.165, 1.54) is 11.6 Å². The summed E-state index contributed by atoms with van der Waals surface area (Å²) in [4.78, 5) is -0.123. The van der Waals surface area contributed by atoms with Crippen molar-refractivity contribution in [3.8, 4) is 0 Å². The first kappa shape index (κ1) is 14.7. The SMILES string of the molecule is CC(C)c1ccc(C(Br)c2ccc(Br)cc2F)cc1. The first-order valence-corrected chi connectivity index (χ1v) is 7.88. The van der Waals surface area contributed by atoms with Crippen molar-refractivity contribution in [3.05, 3.63) is 69.4 Å². The molecule has 0 radical (unpaired) electrons. The number of alkyl halides is 1. The molecule has 0 aliphatic heterocycles. The van der Waals surface area contributed by atoms with E-state index in [0.717, 1.165) is 10.0 Å². The Morgan fingerprint density at radius 3 is 2.05 bits per heavy atom. The van der Waals surface area contributed by atoms with Gasteiger partial charge in [0, 0.05) is 10.0 Å². The second kappa shape index (κ2) is 6.19. The average molecular weight is 386 g/mol. The summed E-state index contributed by atoms with van der Waals surface area (Å²) >= 11 is 6.85. The summed E-state index contributed by atoms with van der Waals surface area (Å²) in [5, 5.41) is 0. The van der Waals surface area contributed by atoms with Gasteiger partial charge >= 0.3 is 0 Å². The van der Waals surface area contributed by atoms with Gasteiger partial charge in [-0.2, -0.15) is 0 Å². The van der Waals surface area contributed by atoms with Crippen molar-refractivity contribution in [2.75, 3.05) is 0 Å². The minimum atomic E-state index is -0.204. The molecule has 0 saturated heterocycles. The Morgan fingerprint density at radius 2 is 1.53 bits per heavy atom. The predicted molar refractivity (Wildman–Crippen MR) is 85.4 cm³/mol. The molecule has 0 bridgehead atoms. The van der Waals surface area contributed by atoms with E-state index in [-0.39, 0.29) is 10.6 Å². The summed E-state index contributed by atoms with van der Waals surface area (Å²) in [6.07, 6.45) is 0. The van der Waals surface area contributed by atoms with Crippen LogP contribution < -0.4 is 0 Å². The van der Waals surface area contributed by atoms with Crippen LogP contribution in [0.15, 0.2) is 46.9 Å². The number of benzene rings is 2. The summed E-state index contributed by atoms with van der Waals surface area (Å²) in [5.74, 6) is 0.302. The molecule has 3 heteroatoms. The van der Waals surface area contributed by atoms with Crippen LogP contribution in [0.2, 0.25) is 0 Å². The fraction of sp³-hybridized carbons (Fsp3) is 0.250. The van der Waals surface area contributed by atoms with Gasteiger partial charge in [0.05, 0.1) is 4.83 Å². The lowest BCUT2D eigenvalue weighted by atomic mass is 9.98. The lowest BCUT2D eigenvalue weighted by Crippen LogP contribution is -1.97. The van der Waals surface area contributed by atoms with E-state index >= 15 is 0 Å². The van der Waals surface area contributed by atoms with Crippen molar-refractivity contribution >= 4 is 31.9 Å². The molecule has 0 nitrogen and oxygen atoms in total. The minimum absolute atomic E-state index is 0.123. The third-order valence-corrected chi connectivity index (χ3v) is 4.65. The molecule has 0 amide bonds. The Kier molecular flexibility index (Phi) is 4.80. The Hall–Kier alpha value is -0.670. The van der Waals surface area contributed by atoms with E-state index in [1.807, 2.05) is 6.07 Å². The highest BCUT2D eigenvalue weighted by Crippen LogP contribution is 2.34. The molecule has 2 aromatic rings. The van der Waals surface area contributed by atoms with Gasteiger partial charge in [0.15, 0.2) is 0 Å². The normalized spacial score (nSPS) is 12.7. The maximum Gasteiger partial charge on any atom is 0.129 e. The third kappa shape index (κ3) is 3.46. The van der Waals surface area contributed by atoms with E-state index < -0.39 is 0 Å². The molecule has 0 aliphatic rings. The molecule has 0 heterocycles. The largest absolute Gasteiger partial charge is 0.207 e. The van der Waals surface area contributed by atoms with Gasteiger partial charge in [0.2, 0.25) is 0 Å². The van der Waals surface area contributed by atoms with Crippen LogP contribution >= 0.6 is 31.9 Å². The molecule has 2 aromatic carbocycles. The van der Waals surface area contributed by atoms with Crippen LogP contribution in [0.4, 0.5) is 4.39 Å². The quantitative estimate of drug-likeness (QED) is 0.552. The summed E-state index contributed by atoms with van der Waals surface area (Å²) < 4.78 is 14.7. The molecule has 1 atom stereocenters. The minimum Gasteiger partial charge on any atom is -0.207 e. The van der Waals surface area contributed by atoms with E-state index in [0.29, 0.717) is 11.5 Å². The molecule has 0 saturated carbocycles. The molecule has 1 unspecified atom stereocenters. The fourth-order valence-corrected chi connectivity index (χ4v) is 2.95. The second-order valence-corrected chi connectivity index (χ2v) is 6.68. The molecule has 0 fully saturated rings. The van der Waals surface area contributed by atoms with Crippen molar-refractivity contribution in [2.45, 2.75) is 24.6 Å². The van der Waals surface area contributed by atoms with E-state index in [1.54, 1.807) is 6.07 Å². The highest BCUT2D eigenvalue weighted by molar-refractivity contribution is 9.10. The van der Waals surface area contributed by atoms with Gasteiger partial charge in [-0.1, -0.05) is 76.0 Å². The van der Waals surface area contributed by atoms with Crippen LogP contribution in [0.3, 0.4) is 0 Å². The molecule has 2 rings (SSSR count). The van der Waals surface area contributed by atoms with Crippen LogP contribution in [0.5, 0.6) is 0 Å². The Balaban J connectivity index is 2.30. The number of rotatable bonds is 3. The topological polar surface area (TPSA) is 0 Å². The first-order valence-electron chi connectivity index (χ1n) is 6.18. The summed E-state index contributed by atoms with van der Waals surface area (Å²) in [6, 6.07) is 13.5. The van der Waals surface area contributed by atoms with Crippen LogP contribution in [0, 0.1) is 5.82 Å². The standard InChI is InChI=1S/C16H15Br2F/c1-10(2)11-3-5-12(6-4-11)16(18)14-8-7-13(17)9-15(14)19/h3-10,16H,1-2H3. The van der Waals surface area contributed by atoms with Gasteiger partial charge in [-0.3, -0.25) is 0 Å². The summed E-state index contributed by atoms with van der Waals surface area (Å²) in [6.45, 7) is 4.32. The van der Waals surface area contributed by atoms with Gasteiger partial charge < -0.3 is 0 Å². The maximum atomic E-state index is 13.9. The lowest BCUT2D eigenvalue weighted by molar-refractivity contribution is 0.612. The van der Waals surface area contributed by atoms with Gasteiger partial charge in [-0.25, -0.2) is 4.39 Å². The smallest absolute Gasteiger partial charge is 0.129 e. The molecular weight excluding hydrogens is 371 g/mol. The maximum absolute atomic E-state index is 13.9. The van der Waals surface area contributed by atoms with E-state index in [4.69, 9.17) is 0 Å². The highest BCUT2D eigenvalue weighted by Gasteiger charge is 2.15. The zero-order chi connectivity index (χ0) is 14.0. The van der Waals surface area contributed by atoms with Crippen molar-refractivity contribution < 1.29 is 4.39 Å². The highest BCUT2D eigenvalue weighted by atomic mass is 79.9. The van der Waals surface area contributed by atoms with Gasteiger partial charge in [-0.05, 0) is 29.2 Å². The number of halogens is 3. The average Bonchev–Trinajstić information content (AvgIpc) is 2.38. The van der Waals surface area contributed by atoms with Crippen molar-refractivity contribution in [3.63, 3.8) is 0 Å². The van der Waals surface area contributed by atoms with Gasteiger partial charge in [0.25, 0.3) is 0 Å². The van der Waals surface area contributed by atoms with Gasteiger partial charge in [0.1, 0.15) is 5.82 Å². The van der Waals surface area contributed by atoms with Crippen LogP contribution in [0.25, 0.3) is 0 Å². The van der Waals surface area contributed by atoms with Crippen molar-refractivity contribution in [2.24, 2.45) is 0 Å². The number of hydrogen-bond donors (Lipinski definition) is 0. The molecule has 0 aromatic heterocycles. The molecule has 0 aliphatic carbocycles. The zero-order valence-corrected chi connectivity index (χ0v) is 14.0. The first-order chi connectivity index (χ1) is 8.99. The predicted octanol–water partition coefficient (Wildman–Crippen LogP) is 6.20. The Labute approximate surface area is 130 Å². The molecule has 100 valence electrons. The van der Waals surface area contributed by atoms with Crippen LogP contribution in [0.1, 0.15) is 41.3 Å². The lowest BCUT2D eigenvalue weighted by Gasteiger charge is -2.13. The molecular formula is C16H15Br2F. The second-order valence-electron chi connectivity index (χ2n) is 4.85. The third-order valence-electron chi connectivity index (χ3n) is 3.13. The Bertz CT molecular complexity index is 561. The summed E-state index contributed by atoms with van der Waals surface area (Å²) in [7, 11) is 0. The summed E-state index contributed by atoms with van der Waals surface area (Å²) in [5.41, 5.74) is 3.01. The molecule has 0 N–H and O–H groups in total. The number of hydrogen-bond acceptors (Lipinski definition) is 0.